The van der Waals surface area contributed by atoms with Crippen LogP contribution in [0.3, 0.4) is 0 Å². The normalized spacial score (nSPS) is 13.9. The van der Waals surface area contributed by atoms with Gasteiger partial charge in [0.15, 0.2) is 16.4 Å². The van der Waals surface area contributed by atoms with Crippen molar-refractivity contribution < 1.29 is 45.7 Å². The van der Waals surface area contributed by atoms with Gasteiger partial charge in [0.25, 0.3) is 20.2 Å². The van der Waals surface area contributed by atoms with Gasteiger partial charge in [-0.2, -0.15) is 16.8 Å². The summed E-state index contributed by atoms with van der Waals surface area (Å²) in [5.41, 5.74) is 6.54. The first-order chi connectivity index (χ1) is 12.7. The number of hydrogen-bond acceptors (Lipinski definition) is 10. The van der Waals surface area contributed by atoms with Crippen molar-refractivity contribution in [1.82, 2.24) is 0 Å². The number of aromatic hydroxyl groups is 2. The number of rotatable bonds is 2. The lowest BCUT2D eigenvalue weighted by Gasteiger charge is -2.23. The second-order valence-corrected chi connectivity index (χ2v) is 8.49. The van der Waals surface area contributed by atoms with Crippen LogP contribution in [0.15, 0.2) is 21.9 Å². The molecule has 0 fully saturated rings. The van der Waals surface area contributed by atoms with Crippen molar-refractivity contribution in [3.8, 4) is 11.5 Å². The summed E-state index contributed by atoms with van der Waals surface area (Å²) in [6, 6.07) is 1.25. The Balaban J connectivity index is 2.50. The number of phenolic OH excluding ortho intramolecular Hbond substituents is 2. The van der Waals surface area contributed by atoms with Crippen LogP contribution in [-0.2, 0) is 20.2 Å². The molecule has 12 nitrogen and oxygen atoms in total. The third-order valence-electron chi connectivity index (χ3n) is 4.04. The van der Waals surface area contributed by atoms with Crippen LogP contribution in [0.2, 0.25) is 0 Å². The Morgan fingerprint density at radius 2 is 1.29 bits per heavy atom. The SMILES string of the molecule is Nc1cc(S(=O)(=O)O)c(O)c2c1C(=O)c1cc(N)c(S(=O)(=O)O)c(O)c1C2=O. The van der Waals surface area contributed by atoms with Crippen LogP contribution in [0, 0.1) is 0 Å². The predicted molar refractivity (Wildman–Crippen MR) is 91.5 cm³/mol. The van der Waals surface area contributed by atoms with E-state index in [0.717, 1.165) is 0 Å². The van der Waals surface area contributed by atoms with Gasteiger partial charge in [0.1, 0.15) is 10.6 Å². The molecule has 2 aromatic rings. The number of phenols is 2. The molecule has 0 aliphatic heterocycles. The van der Waals surface area contributed by atoms with E-state index in [0.29, 0.717) is 12.1 Å². The van der Waals surface area contributed by atoms with Gasteiger partial charge in [-0.3, -0.25) is 18.7 Å². The first-order valence-corrected chi connectivity index (χ1v) is 9.91. The lowest BCUT2D eigenvalue weighted by molar-refractivity contribution is 0.0974. The first kappa shape index (κ1) is 19.6. The molecule has 0 amide bonds. The van der Waals surface area contributed by atoms with Gasteiger partial charge >= 0.3 is 0 Å². The van der Waals surface area contributed by atoms with Crippen LogP contribution in [0.4, 0.5) is 11.4 Å². The first-order valence-electron chi connectivity index (χ1n) is 7.03. The third kappa shape index (κ3) is 2.58. The number of carbonyl (C=O) groups excluding carboxylic acids is 2. The van der Waals surface area contributed by atoms with E-state index >= 15 is 0 Å². The molecule has 0 unspecified atom stereocenters. The van der Waals surface area contributed by atoms with E-state index in [4.69, 9.17) is 16.0 Å². The molecule has 0 aromatic heterocycles. The Kier molecular flexibility index (Phi) is 3.95. The van der Waals surface area contributed by atoms with Crippen LogP contribution >= 0.6 is 0 Å². The van der Waals surface area contributed by atoms with Gasteiger partial charge in [0, 0.05) is 11.3 Å². The topological polar surface area (TPSA) is 235 Å². The smallest absolute Gasteiger partial charge is 0.300 e. The van der Waals surface area contributed by atoms with Crippen molar-refractivity contribution >= 4 is 43.2 Å². The molecule has 28 heavy (non-hydrogen) atoms. The molecule has 3 rings (SSSR count). The molecule has 0 bridgehead atoms. The molecular weight excluding hydrogens is 420 g/mol. The van der Waals surface area contributed by atoms with Crippen molar-refractivity contribution in [3.63, 3.8) is 0 Å². The number of benzene rings is 2. The third-order valence-corrected chi connectivity index (χ3v) is 5.85. The van der Waals surface area contributed by atoms with Crippen LogP contribution in [0.1, 0.15) is 31.8 Å². The van der Waals surface area contributed by atoms with Gasteiger partial charge in [-0.15, -0.1) is 0 Å². The monoisotopic (exact) mass is 430 g/mol. The zero-order chi connectivity index (χ0) is 21.3. The van der Waals surface area contributed by atoms with Crippen molar-refractivity contribution in [2.24, 2.45) is 0 Å². The molecule has 0 atom stereocenters. The van der Waals surface area contributed by atoms with E-state index in [1.807, 2.05) is 0 Å². The molecule has 0 spiro atoms. The molecule has 8 N–H and O–H groups in total. The maximum Gasteiger partial charge on any atom is 0.300 e. The number of carbonyl (C=O) groups is 2. The molecule has 148 valence electrons. The number of fused-ring (bicyclic) bond motifs is 2. The van der Waals surface area contributed by atoms with Gasteiger partial charge in [-0.25, -0.2) is 0 Å². The number of hydrogen-bond donors (Lipinski definition) is 6. The van der Waals surface area contributed by atoms with E-state index in [1.165, 1.54) is 0 Å². The lowest BCUT2D eigenvalue weighted by atomic mass is 9.82. The Morgan fingerprint density at radius 1 is 0.714 bits per heavy atom. The number of nitrogen functional groups attached to an aromatic ring is 2. The fourth-order valence-corrected chi connectivity index (χ4v) is 4.27. The molecule has 1 aliphatic rings. The highest BCUT2D eigenvalue weighted by Crippen LogP contribution is 2.45. The molecular formula is C14H10N2O10S2. The quantitative estimate of drug-likeness (QED) is 0.172. The molecule has 2 aromatic carbocycles. The highest BCUT2D eigenvalue weighted by atomic mass is 32.2. The standard InChI is InChI=1S/C14H10N2O10S2/c15-4-2-6(27(21,22)23)11(18)9-8(4)10(17)3-1-5(16)14(28(24,25)26)13(20)7(3)12(9)19/h1-2,18,20H,15-16H2,(H,21,22,23)(H,24,25,26). The summed E-state index contributed by atoms with van der Waals surface area (Å²) in [7, 11) is -10.2. The van der Waals surface area contributed by atoms with Crippen molar-refractivity contribution in [1.29, 1.82) is 0 Å². The Bertz CT molecular complexity index is 1330. The molecule has 0 saturated carbocycles. The summed E-state index contributed by atoms with van der Waals surface area (Å²) in [4.78, 5) is 23.1. The molecule has 0 heterocycles. The fraction of sp³-hybridized carbons (Fsp3) is 0. The van der Waals surface area contributed by atoms with Gasteiger partial charge in [0.2, 0.25) is 5.78 Å². The minimum absolute atomic E-state index is 0.551. The van der Waals surface area contributed by atoms with Crippen LogP contribution in [0.25, 0.3) is 0 Å². The molecule has 0 saturated heterocycles. The highest BCUT2D eigenvalue weighted by Gasteiger charge is 2.41. The summed E-state index contributed by atoms with van der Waals surface area (Å²) in [5.74, 6) is -5.19. The maximum absolute atomic E-state index is 12.8. The van der Waals surface area contributed by atoms with Crippen molar-refractivity contribution in [2.75, 3.05) is 11.5 Å². The second kappa shape index (κ2) is 5.65. The van der Waals surface area contributed by atoms with Crippen LogP contribution < -0.4 is 11.5 Å². The van der Waals surface area contributed by atoms with Crippen molar-refractivity contribution in [3.05, 3.63) is 34.4 Å². The van der Waals surface area contributed by atoms with Gasteiger partial charge in [-0.05, 0) is 12.1 Å². The molecule has 1 aliphatic carbocycles. The van der Waals surface area contributed by atoms with E-state index in [9.17, 15) is 41.2 Å². The minimum Gasteiger partial charge on any atom is -0.506 e. The van der Waals surface area contributed by atoms with Gasteiger partial charge in [-0.1, -0.05) is 0 Å². The van der Waals surface area contributed by atoms with Gasteiger partial charge < -0.3 is 21.7 Å². The number of ketones is 2. The average molecular weight is 430 g/mol. The zero-order valence-corrected chi connectivity index (χ0v) is 15.0. The molecule has 14 heteroatoms. The maximum atomic E-state index is 12.8. The summed E-state index contributed by atoms with van der Waals surface area (Å²) in [6.45, 7) is 0. The number of nitrogens with two attached hydrogens (primary N) is 2. The Hall–Kier alpha value is -3.20. The zero-order valence-electron chi connectivity index (χ0n) is 13.4. The van der Waals surface area contributed by atoms with E-state index in [1.54, 1.807) is 0 Å². The van der Waals surface area contributed by atoms with Gasteiger partial charge in [0.05, 0.1) is 22.4 Å². The number of anilines is 2. The molecule has 0 radical (unpaired) electrons. The minimum atomic E-state index is -5.13. The average Bonchev–Trinajstić information content (AvgIpc) is 2.51. The summed E-state index contributed by atoms with van der Waals surface area (Å²) in [5, 5.41) is 20.3. The largest absolute Gasteiger partial charge is 0.506 e. The van der Waals surface area contributed by atoms with E-state index in [2.05, 4.69) is 0 Å². The summed E-state index contributed by atoms with van der Waals surface area (Å²) < 4.78 is 64.0. The highest BCUT2D eigenvalue weighted by molar-refractivity contribution is 7.86. The summed E-state index contributed by atoms with van der Waals surface area (Å²) in [6.07, 6.45) is 0. The fourth-order valence-electron chi connectivity index (χ4n) is 2.94. The van der Waals surface area contributed by atoms with Crippen LogP contribution in [0.5, 0.6) is 11.5 Å². The van der Waals surface area contributed by atoms with E-state index in [-0.39, 0.29) is 0 Å². The van der Waals surface area contributed by atoms with Crippen molar-refractivity contribution in [2.45, 2.75) is 9.79 Å². The van der Waals surface area contributed by atoms with E-state index < -0.39 is 86.7 Å². The Labute approximate surface area is 156 Å². The Morgan fingerprint density at radius 3 is 1.79 bits per heavy atom. The summed E-state index contributed by atoms with van der Waals surface area (Å²) >= 11 is 0. The lowest BCUT2D eigenvalue weighted by Crippen LogP contribution is -2.25. The van der Waals surface area contributed by atoms with Crippen LogP contribution in [-0.4, -0.2) is 47.7 Å². The predicted octanol–water partition coefficient (Wildman–Crippen LogP) is -0.469. The second-order valence-electron chi connectivity index (χ2n) is 5.74.